The van der Waals surface area contributed by atoms with Gasteiger partial charge in [-0.15, -0.1) is 0 Å². The highest BCUT2D eigenvalue weighted by atomic mass is 35.5. The highest BCUT2D eigenvalue weighted by Gasteiger charge is 2.29. The minimum Gasteiger partial charge on any atom is -0.486 e. The summed E-state index contributed by atoms with van der Waals surface area (Å²) in [5.74, 6) is 1.20. The number of carbonyl (C=O) groups excluding carboxylic acids is 1. The molecule has 178 valence electrons. The largest absolute Gasteiger partial charge is 0.486 e. The van der Waals surface area contributed by atoms with E-state index in [-0.39, 0.29) is 13.0 Å². The van der Waals surface area contributed by atoms with Gasteiger partial charge in [0.05, 0.1) is 52.5 Å². The number of aromatic amines is 2. The molecule has 5 rings (SSSR count). The standard InChI is InChI=1S/C23H19Cl2N7O3/c1-12(20-15(24)8-27-9-16(20)25)35-13-3-4-17-14(7-13)21(31-30-17)22-28-18-10-32(11-19(18)29-22)23(33)34-6-2-5-26/h3-4,7-9,12H,2,6,10-11H2,1H3,(H,28,29)(H,30,31). The molecule has 0 aliphatic carbocycles. The third-order valence-corrected chi connectivity index (χ3v) is 6.22. The van der Waals surface area contributed by atoms with Crippen molar-refractivity contribution in [1.29, 1.82) is 5.26 Å². The summed E-state index contributed by atoms with van der Waals surface area (Å²) >= 11 is 12.5. The highest BCUT2D eigenvalue weighted by molar-refractivity contribution is 6.35. The van der Waals surface area contributed by atoms with Crippen molar-refractivity contribution in [3.8, 4) is 23.3 Å². The molecule has 3 aromatic heterocycles. The predicted molar refractivity (Wildman–Crippen MR) is 128 cm³/mol. The number of H-pyrrole nitrogens is 2. The van der Waals surface area contributed by atoms with Crippen LogP contribution in [0.25, 0.3) is 22.4 Å². The van der Waals surface area contributed by atoms with E-state index in [1.807, 2.05) is 31.2 Å². The monoisotopic (exact) mass is 511 g/mol. The summed E-state index contributed by atoms with van der Waals surface area (Å²) in [6.07, 6.45) is 2.35. The van der Waals surface area contributed by atoms with E-state index in [9.17, 15) is 4.79 Å². The Bertz CT molecular complexity index is 1420. The lowest BCUT2D eigenvalue weighted by Gasteiger charge is -2.17. The second-order valence-corrected chi connectivity index (χ2v) is 8.76. The van der Waals surface area contributed by atoms with E-state index >= 15 is 0 Å². The number of nitrogens with zero attached hydrogens (tertiary/aromatic N) is 5. The van der Waals surface area contributed by atoms with E-state index in [2.05, 4.69) is 25.1 Å². The van der Waals surface area contributed by atoms with Crippen LogP contribution in [0.5, 0.6) is 5.75 Å². The molecule has 10 nitrogen and oxygen atoms in total. The van der Waals surface area contributed by atoms with Gasteiger partial charge in [0.15, 0.2) is 5.82 Å². The summed E-state index contributed by atoms with van der Waals surface area (Å²) in [4.78, 5) is 25.6. The molecule has 2 N–H and O–H groups in total. The van der Waals surface area contributed by atoms with Gasteiger partial charge in [-0.05, 0) is 25.1 Å². The second-order valence-electron chi connectivity index (χ2n) is 7.95. The number of carbonyl (C=O) groups is 1. The van der Waals surface area contributed by atoms with Crippen LogP contribution in [0.3, 0.4) is 0 Å². The van der Waals surface area contributed by atoms with Gasteiger partial charge in [0.1, 0.15) is 24.2 Å². The number of pyridine rings is 1. The Morgan fingerprint density at radius 3 is 2.83 bits per heavy atom. The molecular weight excluding hydrogens is 493 g/mol. The van der Waals surface area contributed by atoms with E-state index in [1.165, 1.54) is 17.3 Å². The number of imidazole rings is 1. The lowest BCUT2D eigenvalue weighted by Crippen LogP contribution is -2.26. The van der Waals surface area contributed by atoms with E-state index in [0.29, 0.717) is 46.0 Å². The molecule has 0 radical (unpaired) electrons. The van der Waals surface area contributed by atoms with Crippen LogP contribution in [0, 0.1) is 11.3 Å². The number of hydrogen-bond donors (Lipinski definition) is 2. The number of benzene rings is 1. The maximum atomic E-state index is 12.1. The molecule has 1 aliphatic rings. The predicted octanol–water partition coefficient (Wildman–Crippen LogP) is 5.16. The topological polar surface area (TPSA) is 133 Å². The molecule has 35 heavy (non-hydrogen) atoms. The molecule has 0 bridgehead atoms. The molecule has 1 atom stereocenters. The van der Waals surface area contributed by atoms with Crippen molar-refractivity contribution >= 4 is 40.2 Å². The van der Waals surface area contributed by atoms with Crippen molar-refractivity contribution in [1.82, 2.24) is 30.0 Å². The molecule has 4 aromatic rings. The van der Waals surface area contributed by atoms with Crippen molar-refractivity contribution in [3.05, 3.63) is 57.6 Å². The Kier molecular flexibility index (Phi) is 6.19. The number of hydrogen-bond acceptors (Lipinski definition) is 7. The lowest BCUT2D eigenvalue weighted by atomic mass is 10.1. The number of aromatic nitrogens is 5. The fraction of sp³-hybridized carbons (Fsp3) is 0.261. The molecule has 0 spiro atoms. The van der Waals surface area contributed by atoms with E-state index in [1.54, 1.807) is 0 Å². The van der Waals surface area contributed by atoms with Gasteiger partial charge >= 0.3 is 6.09 Å². The van der Waals surface area contributed by atoms with Crippen LogP contribution < -0.4 is 4.74 Å². The Labute approximate surface area is 209 Å². The van der Waals surface area contributed by atoms with Crippen LogP contribution in [0.15, 0.2) is 30.6 Å². The third-order valence-electron chi connectivity index (χ3n) is 5.62. The van der Waals surface area contributed by atoms with Gasteiger partial charge in [-0.3, -0.25) is 15.0 Å². The summed E-state index contributed by atoms with van der Waals surface area (Å²) in [6.45, 7) is 2.59. The second kappa shape index (κ2) is 9.44. The minimum absolute atomic E-state index is 0.0697. The molecule has 0 saturated carbocycles. The van der Waals surface area contributed by atoms with Crippen LogP contribution >= 0.6 is 23.2 Å². The number of ether oxygens (including phenoxy) is 2. The van der Waals surface area contributed by atoms with Crippen LogP contribution in [-0.2, 0) is 17.8 Å². The van der Waals surface area contributed by atoms with Crippen molar-refractivity contribution in [3.63, 3.8) is 0 Å². The first kappa shape index (κ1) is 23.0. The van der Waals surface area contributed by atoms with E-state index in [0.717, 1.165) is 22.3 Å². The Balaban J connectivity index is 1.35. The average molecular weight is 512 g/mol. The molecule has 4 heterocycles. The third kappa shape index (κ3) is 4.48. The van der Waals surface area contributed by atoms with Crippen molar-refractivity contribution < 1.29 is 14.3 Å². The molecule has 1 aromatic carbocycles. The lowest BCUT2D eigenvalue weighted by molar-refractivity contribution is 0.103. The Morgan fingerprint density at radius 2 is 2.09 bits per heavy atom. The molecule has 1 unspecified atom stereocenters. The SMILES string of the molecule is CC(Oc1ccc2[nH]nc(-c3nc4c([nH]3)CN(C(=O)OCCC#N)C4)c2c1)c1c(Cl)cncc1Cl. The Morgan fingerprint density at radius 1 is 1.29 bits per heavy atom. The van der Waals surface area contributed by atoms with Gasteiger partial charge in [-0.2, -0.15) is 10.4 Å². The number of rotatable bonds is 6. The van der Waals surface area contributed by atoms with Crippen LogP contribution in [0.2, 0.25) is 10.0 Å². The van der Waals surface area contributed by atoms with Crippen molar-refractivity contribution in [2.24, 2.45) is 0 Å². The number of amides is 1. The van der Waals surface area contributed by atoms with E-state index in [4.69, 9.17) is 37.9 Å². The fourth-order valence-corrected chi connectivity index (χ4v) is 4.64. The van der Waals surface area contributed by atoms with E-state index < -0.39 is 12.2 Å². The zero-order valence-corrected chi connectivity index (χ0v) is 20.0. The maximum Gasteiger partial charge on any atom is 0.410 e. The number of nitriles is 1. The maximum absolute atomic E-state index is 12.1. The molecule has 1 amide bonds. The summed E-state index contributed by atoms with van der Waals surface area (Å²) < 4.78 is 11.2. The van der Waals surface area contributed by atoms with Gasteiger partial charge < -0.3 is 14.5 Å². The molecule has 12 heteroatoms. The molecule has 0 fully saturated rings. The highest BCUT2D eigenvalue weighted by Crippen LogP contribution is 2.35. The molecular formula is C23H19Cl2N7O3. The summed E-state index contributed by atoms with van der Waals surface area (Å²) in [5, 5.41) is 17.7. The van der Waals surface area contributed by atoms with Gasteiger partial charge in [-0.25, -0.2) is 9.78 Å². The number of fused-ring (bicyclic) bond motifs is 2. The number of halogens is 2. The van der Waals surface area contributed by atoms with Crippen LogP contribution in [0.4, 0.5) is 4.79 Å². The van der Waals surface area contributed by atoms with Crippen molar-refractivity contribution in [2.75, 3.05) is 6.61 Å². The summed E-state index contributed by atoms with van der Waals surface area (Å²) in [5.41, 5.74) is 3.68. The van der Waals surface area contributed by atoms with Crippen molar-refractivity contribution in [2.45, 2.75) is 32.5 Å². The fourth-order valence-electron chi connectivity index (χ4n) is 3.97. The van der Waals surface area contributed by atoms with Gasteiger partial charge in [0.25, 0.3) is 0 Å². The molecule has 0 saturated heterocycles. The average Bonchev–Trinajstić information content (AvgIpc) is 3.51. The first-order valence-corrected chi connectivity index (χ1v) is 11.5. The minimum atomic E-state index is -0.469. The normalized spacial score (nSPS) is 13.5. The first-order chi connectivity index (χ1) is 16.9. The summed E-state index contributed by atoms with van der Waals surface area (Å²) in [7, 11) is 0. The first-order valence-electron chi connectivity index (χ1n) is 10.7. The van der Waals surface area contributed by atoms with Gasteiger partial charge in [0, 0.05) is 23.3 Å². The van der Waals surface area contributed by atoms with Gasteiger partial charge in [-0.1, -0.05) is 23.2 Å². The van der Waals surface area contributed by atoms with Gasteiger partial charge in [0.2, 0.25) is 0 Å². The Hall–Kier alpha value is -3.81. The van der Waals surface area contributed by atoms with Crippen LogP contribution in [-0.4, -0.2) is 42.7 Å². The smallest absolute Gasteiger partial charge is 0.410 e. The quantitative estimate of drug-likeness (QED) is 0.341. The summed E-state index contributed by atoms with van der Waals surface area (Å²) in [6, 6.07) is 7.53. The number of nitrogens with one attached hydrogen (secondary N) is 2. The zero-order chi connectivity index (χ0) is 24.5. The molecule has 1 aliphatic heterocycles. The zero-order valence-electron chi connectivity index (χ0n) is 18.5. The van der Waals surface area contributed by atoms with Crippen LogP contribution in [0.1, 0.15) is 36.4 Å².